The van der Waals surface area contributed by atoms with E-state index in [0.29, 0.717) is 51.0 Å². The zero-order valence-electron chi connectivity index (χ0n) is 33.8. The number of aliphatic hydroxyl groups excluding tert-OH is 2. The molecule has 2 aliphatic heterocycles. The molecule has 2 aromatic carbocycles. The van der Waals surface area contributed by atoms with Crippen LogP contribution in [0, 0.1) is 17.8 Å². The van der Waals surface area contributed by atoms with Crippen molar-refractivity contribution in [3.05, 3.63) is 96.6 Å². The number of benzene rings is 2. The Bertz CT molecular complexity index is 1680. The van der Waals surface area contributed by atoms with Crippen LogP contribution in [0.2, 0.25) is 0 Å². The molecule has 1 saturated carbocycles. The molecule has 4 aliphatic rings. The van der Waals surface area contributed by atoms with Crippen LogP contribution in [0.25, 0.3) is 0 Å². The van der Waals surface area contributed by atoms with Crippen LogP contribution in [0.4, 0.5) is 4.79 Å². The number of nitrogens with zero attached hydrogens (tertiary/aromatic N) is 3. The van der Waals surface area contributed by atoms with Crippen molar-refractivity contribution in [3.63, 3.8) is 0 Å². The van der Waals surface area contributed by atoms with Crippen LogP contribution < -0.4 is 9.47 Å². The van der Waals surface area contributed by atoms with Crippen LogP contribution in [0.1, 0.15) is 81.8 Å². The van der Waals surface area contributed by atoms with E-state index in [1.165, 1.54) is 0 Å². The van der Waals surface area contributed by atoms with Crippen molar-refractivity contribution in [2.75, 3.05) is 59.2 Å². The van der Waals surface area contributed by atoms with Crippen LogP contribution in [-0.2, 0) is 20.9 Å². The Labute approximate surface area is 338 Å². The third kappa shape index (κ3) is 10.3. The average molecular weight is 786 g/mol. The van der Waals surface area contributed by atoms with Crippen LogP contribution in [-0.4, -0.2) is 103 Å². The molecule has 11 nitrogen and oxygen atoms in total. The number of aliphatic hydroxyl groups is 2. The van der Waals surface area contributed by atoms with Gasteiger partial charge in [-0.25, -0.2) is 4.79 Å². The number of hydrogen-bond donors (Lipinski definition) is 2. The molecule has 2 aliphatic carbocycles. The second-order valence-corrected chi connectivity index (χ2v) is 15.6. The largest absolute Gasteiger partial charge is 0.492 e. The Hall–Kier alpha value is -4.16. The Morgan fingerprint density at radius 2 is 1.82 bits per heavy atom. The average Bonchev–Trinajstić information content (AvgIpc) is 4.06. The topological polar surface area (TPSA) is 122 Å². The zero-order valence-corrected chi connectivity index (χ0v) is 33.8. The molecule has 0 aromatic heterocycles. The van der Waals surface area contributed by atoms with Gasteiger partial charge in [-0.05, 0) is 79.7 Å². The molecular formula is C46H63N3O8. The lowest BCUT2D eigenvalue weighted by Gasteiger charge is -2.59. The van der Waals surface area contributed by atoms with E-state index in [0.717, 1.165) is 73.5 Å². The van der Waals surface area contributed by atoms with Gasteiger partial charge in [-0.3, -0.25) is 9.80 Å². The maximum Gasteiger partial charge on any atom is 0.410 e. The second-order valence-electron chi connectivity index (χ2n) is 15.6. The predicted molar refractivity (Wildman–Crippen MR) is 221 cm³/mol. The Morgan fingerprint density at radius 1 is 1.04 bits per heavy atom. The minimum absolute atomic E-state index is 0.121. The maximum atomic E-state index is 14.2. The first-order chi connectivity index (χ1) is 28.0. The SMILES string of the molecule is C=CCCOC(=O)N(CCC)C1CC(=NOCc2ccccc2)C2=CC(CCCCO)C(CCCCO)C3c4cc(OCCN5CC5)ccc4OC1(OCC=C)C23. The first-order valence-electron chi connectivity index (χ1n) is 21.1. The van der Waals surface area contributed by atoms with E-state index >= 15 is 0 Å². The Balaban J connectivity index is 1.53. The molecular weight excluding hydrogens is 723 g/mol. The number of ether oxygens (including phenoxy) is 4. The summed E-state index contributed by atoms with van der Waals surface area (Å²) in [6.07, 6.45) is 11.8. The van der Waals surface area contributed by atoms with Crippen LogP contribution in [0.5, 0.6) is 11.5 Å². The van der Waals surface area contributed by atoms with Gasteiger partial charge in [0.2, 0.25) is 5.79 Å². The van der Waals surface area contributed by atoms with Crippen molar-refractivity contribution in [2.45, 2.75) is 89.1 Å². The summed E-state index contributed by atoms with van der Waals surface area (Å²) in [5.74, 6) is -0.132. The van der Waals surface area contributed by atoms with Crippen molar-refractivity contribution in [3.8, 4) is 11.5 Å². The summed E-state index contributed by atoms with van der Waals surface area (Å²) >= 11 is 0. The fourth-order valence-corrected chi connectivity index (χ4v) is 9.01. The maximum absolute atomic E-state index is 14.2. The minimum atomic E-state index is -1.34. The van der Waals surface area contributed by atoms with Gasteiger partial charge < -0.3 is 34.0 Å². The number of oxime groups is 1. The summed E-state index contributed by atoms with van der Waals surface area (Å²) in [4.78, 5) is 24.5. The number of rotatable bonds is 24. The summed E-state index contributed by atoms with van der Waals surface area (Å²) < 4.78 is 26.6. The monoisotopic (exact) mass is 785 g/mol. The molecule has 11 heteroatoms. The van der Waals surface area contributed by atoms with E-state index in [9.17, 15) is 15.0 Å². The molecule has 0 spiro atoms. The van der Waals surface area contributed by atoms with Crippen LogP contribution >= 0.6 is 0 Å². The summed E-state index contributed by atoms with van der Waals surface area (Å²) in [5, 5.41) is 24.7. The van der Waals surface area contributed by atoms with Crippen molar-refractivity contribution >= 4 is 11.8 Å². The van der Waals surface area contributed by atoms with Gasteiger partial charge in [0, 0.05) is 57.3 Å². The van der Waals surface area contributed by atoms with Gasteiger partial charge in [0.15, 0.2) is 0 Å². The smallest absolute Gasteiger partial charge is 0.410 e. The fraction of sp³-hybridized carbons (Fsp3) is 0.565. The Kier molecular flexibility index (Phi) is 15.7. The highest BCUT2D eigenvalue weighted by atomic mass is 16.7. The van der Waals surface area contributed by atoms with Gasteiger partial charge in [0.1, 0.15) is 30.8 Å². The third-order valence-electron chi connectivity index (χ3n) is 11.7. The third-order valence-corrected chi connectivity index (χ3v) is 11.7. The Morgan fingerprint density at radius 3 is 2.54 bits per heavy atom. The standard InChI is InChI=1S/C46H63N3O8/c1-4-7-28-54-45(52)49(21-5-2)42-32-40(47-56-33-34-15-9-8-10-16-34)38-30-35(17-11-13-25-50)37(18-12-14-26-51)43-39-31-36(53-29-24-48-22-23-48)19-20-41(39)57-46(42,44(38)43)55-27-6-3/h4,6,8-10,15-16,19-20,30-31,35,37,42-44,50-51H,1,3,5,7,11-14,17-18,21-29,32-33H2,2H3. The zero-order chi connectivity index (χ0) is 40.0. The molecule has 2 aromatic rings. The quantitative estimate of drug-likeness (QED) is 0.0479. The van der Waals surface area contributed by atoms with Crippen molar-refractivity contribution in [1.82, 2.24) is 9.80 Å². The van der Waals surface area contributed by atoms with Crippen LogP contribution in [0.15, 0.2) is 90.6 Å². The molecule has 2 N–H and O–H groups in total. The first kappa shape index (κ1) is 42.4. The molecule has 1 saturated heterocycles. The minimum Gasteiger partial charge on any atom is -0.492 e. The molecule has 0 bridgehead atoms. The molecule has 57 heavy (non-hydrogen) atoms. The number of hydrogen-bond acceptors (Lipinski definition) is 10. The summed E-state index contributed by atoms with van der Waals surface area (Å²) in [7, 11) is 0. The summed E-state index contributed by atoms with van der Waals surface area (Å²) in [6.45, 7) is 14.9. The number of amides is 1. The molecule has 310 valence electrons. The van der Waals surface area contributed by atoms with Gasteiger partial charge >= 0.3 is 6.09 Å². The molecule has 6 rings (SSSR count). The molecule has 2 fully saturated rings. The highest BCUT2D eigenvalue weighted by Gasteiger charge is 2.65. The van der Waals surface area contributed by atoms with Crippen molar-refractivity contribution in [2.24, 2.45) is 22.9 Å². The van der Waals surface area contributed by atoms with Gasteiger partial charge in [-0.1, -0.05) is 73.5 Å². The number of unbranched alkanes of at least 4 members (excludes halogenated alkanes) is 2. The first-order valence-corrected chi connectivity index (χ1v) is 21.1. The normalized spacial score (nSPS) is 25.4. The van der Waals surface area contributed by atoms with E-state index in [1.54, 1.807) is 17.1 Å². The van der Waals surface area contributed by atoms with E-state index in [-0.39, 0.29) is 50.8 Å². The molecule has 6 unspecified atom stereocenters. The lowest BCUT2D eigenvalue weighted by molar-refractivity contribution is -0.255. The fourth-order valence-electron chi connectivity index (χ4n) is 9.01. The van der Waals surface area contributed by atoms with Crippen molar-refractivity contribution in [1.29, 1.82) is 0 Å². The lowest BCUT2D eigenvalue weighted by atomic mass is 9.55. The summed E-state index contributed by atoms with van der Waals surface area (Å²) in [5.41, 5.74) is 3.78. The molecule has 1 amide bonds. The number of carbonyl (C=O) groups is 1. The number of fused-ring (bicyclic) bond motifs is 2. The molecule has 2 heterocycles. The number of carbonyl (C=O) groups excluding carboxylic acids is 1. The van der Waals surface area contributed by atoms with Crippen LogP contribution in [0.3, 0.4) is 0 Å². The van der Waals surface area contributed by atoms with E-state index in [2.05, 4.69) is 30.2 Å². The van der Waals surface area contributed by atoms with Gasteiger partial charge in [-0.15, -0.1) is 13.2 Å². The van der Waals surface area contributed by atoms with Crippen molar-refractivity contribution < 1.29 is 38.8 Å². The lowest BCUT2D eigenvalue weighted by Crippen LogP contribution is -2.70. The van der Waals surface area contributed by atoms with E-state index in [1.807, 2.05) is 49.4 Å². The molecule has 6 atom stereocenters. The van der Waals surface area contributed by atoms with E-state index < -0.39 is 23.8 Å². The van der Waals surface area contributed by atoms with E-state index in [4.69, 9.17) is 28.9 Å². The highest BCUT2D eigenvalue weighted by molar-refractivity contribution is 6.03. The second kappa shape index (κ2) is 21.0. The molecule has 0 radical (unpaired) electrons. The summed E-state index contributed by atoms with van der Waals surface area (Å²) in [6, 6.07) is 15.4. The van der Waals surface area contributed by atoms with Gasteiger partial charge in [-0.2, -0.15) is 0 Å². The highest BCUT2D eigenvalue weighted by Crippen LogP contribution is 2.62. The predicted octanol–water partition coefficient (Wildman–Crippen LogP) is 7.64. The van der Waals surface area contributed by atoms with Gasteiger partial charge in [0.25, 0.3) is 0 Å². The van der Waals surface area contributed by atoms with Gasteiger partial charge in [0.05, 0.1) is 24.8 Å². The number of allylic oxidation sites excluding steroid dienone is 1.